The fourth-order valence-electron chi connectivity index (χ4n) is 21.6. The Morgan fingerprint density at radius 2 is 0.686 bits per heavy atom. The third kappa shape index (κ3) is 11.8. The van der Waals surface area contributed by atoms with Crippen molar-refractivity contribution in [2.75, 3.05) is 0 Å². The van der Waals surface area contributed by atoms with E-state index < -0.39 is 45.1 Å². The van der Waals surface area contributed by atoms with E-state index in [4.69, 9.17) is 20.6 Å². The fourth-order valence-corrected chi connectivity index (χ4v) is 21.6. The van der Waals surface area contributed by atoms with Gasteiger partial charge in [0.1, 0.15) is 28.2 Å². The average molecular weight is 1580 g/mol. The molecular weight excluding hydrogens is 1460 g/mol. The van der Waals surface area contributed by atoms with Gasteiger partial charge < -0.3 is 0 Å². The van der Waals surface area contributed by atoms with Gasteiger partial charge in [-0.15, -0.1) is 0 Å². The maximum atomic E-state index is 9.02. The molecule has 0 bridgehead atoms. The van der Waals surface area contributed by atoms with Crippen LogP contribution in [-0.2, 0) is 60.2 Å². The molecule has 4 heterocycles. The van der Waals surface area contributed by atoms with E-state index >= 15 is 0 Å². The van der Waals surface area contributed by atoms with E-state index in [2.05, 4.69) is 222 Å². The first-order valence-electron chi connectivity index (χ1n) is 49.9. The Morgan fingerprint density at radius 1 is 0.314 bits per heavy atom. The zero-order chi connectivity index (χ0) is 96.1. The van der Waals surface area contributed by atoms with E-state index in [1.807, 2.05) is 98.4 Å². The molecule has 4 aromatic heterocycles. The lowest BCUT2D eigenvalue weighted by Crippen LogP contribution is -2.32. The van der Waals surface area contributed by atoms with Gasteiger partial charge in [-0.2, -0.15) is 0 Å². The molecule has 0 saturated carbocycles. The van der Waals surface area contributed by atoms with Gasteiger partial charge >= 0.3 is 0 Å². The largest absolute Gasteiger partial charge is 0.221 e. The lowest BCUT2D eigenvalue weighted by atomic mass is 9.85. The van der Waals surface area contributed by atoms with Crippen LogP contribution < -0.4 is 18.3 Å². The molecule has 4 aliphatic carbocycles. The summed E-state index contributed by atoms with van der Waals surface area (Å²) in [5, 5.41) is 29.0. The minimum Gasteiger partial charge on any atom is -0.201 e. The highest BCUT2D eigenvalue weighted by Gasteiger charge is 2.33. The van der Waals surface area contributed by atoms with Gasteiger partial charge in [-0.3, -0.25) is 0 Å². The fraction of sp³-hybridized carbons (Fsp3) is 0.214. The zero-order valence-corrected chi connectivity index (χ0v) is 71.3. The van der Waals surface area contributed by atoms with Gasteiger partial charge in [0.25, 0.3) is 0 Å². The maximum Gasteiger partial charge on any atom is 0.221 e. The number of benzene rings is 16. The molecule has 0 amide bonds. The minimum absolute atomic E-state index is 0.0613. The molecule has 0 N–H and O–H groups in total. The van der Waals surface area contributed by atoms with E-state index in [-0.39, 0.29) is 16.7 Å². The molecule has 4 nitrogen and oxygen atoms in total. The van der Waals surface area contributed by atoms with Crippen LogP contribution in [0.1, 0.15) is 167 Å². The first kappa shape index (κ1) is 60.7. The number of aryl methyl sites for hydroxylation is 10. The molecule has 4 aliphatic rings. The molecule has 0 aliphatic heterocycles. The van der Waals surface area contributed by atoms with E-state index in [0.717, 1.165) is 81.3 Å². The van der Waals surface area contributed by atoms with Crippen LogP contribution in [0.4, 0.5) is 0 Å². The van der Waals surface area contributed by atoms with Crippen molar-refractivity contribution in [3.63, 3.8) is 0 Å². The Labute approximate surface area is 732 Å². The van der Waals surface area contributed by atoms with Crippen molar-refractivity contribution < 1.29 is 38.8 Å². The number of aromatic nitrogens is 4. The lowest BCUT2D eigenvalue weighted by Gasteiger charge is -2.20. The molecule has 24 rings (SSSR count). The Bertz CT molecular complexity index is 8690. The van der Waals surface area contributed by atoms with E-state index in [9.17, 15) is 0 Å². The number of rotatable bonds is 5. The van der Waals surface area contributed by atoms with E-state index in [0.29, 0.717) is 16.7 Å². The summed E-state index contributed by atoms with van der Waals surface area (Å²) in [4.78, 5) is 0. The highest BCUT2D eigenvalue weighted by atomic mass is 14.9. The molecule has 0 atom stereocenters. The van der Waals surface area contributed by atoms with Gasteiger partial charge in [-0.05, 0) is 343 Å². The second-order valence-corrected chi connectivity index (χ2v) is 35.9. The maximum absolute atomic E-state index is 9.02. The van der Waals surface area contributed by atoms with E-state index in [1.54, 1.807) is 44.7 Å². The van der Waals surface area contributed by atoms with Crippen LogP contribution in [0.15, 0.2) is 249 Å². The predicted molar refractivity (Wildman–Crippen MR) is 513 cm³/mol. The third-order valence-electron chi connectivity index (χ3n) is 27.3. The van der Waals surface area contributed by atoms with Crippen LogP contribution in [0.2, 0.25) is 0 Å². The SMILES string of the molecule is [2H]C([2H])([2H])c1c[n+](C)c(-c2cc3c4ccccc4c4cccc5c4c3c(c2C)C5)cc1C.[2H]C([2H])([2H])c1c[n+](C)c(-c2cc3c4ccccc4c4cccc5c4c3c(c2C)C5)cc1C([2H])(C)C.[2H]C([2H])([2H])c1c[n+](C)c(-c2cc3c4ccccc4c4cccc5c4c3c(c2C)C5)cc1C([2H])([2H])C(C)(C)C.[2H]C([2H])([2H])c1cc2c3ccccc3c3cc4c(c(C)c3c2[n+](C)c1)Cc1ccccc1-4. The molecule has 0 saturated heterocycles. The molecule has 16 aromatic carbocycles. The number of nitrogens with zero attached hydrogens (tertiary/aromatic N) is 4. The normalized spacial score (nSPS) is 15.3. The quantitative estimate of drug-likeness (QED) is 0.121. The van der Waals surface area contributed by atoms with Crippen molar-refractivity contribution in [3.8, 4) is 44.9 Å². The first-order chi connectivity index (χ1) is 64.3. The van der Waals surface area contributed by atoms with Crippen molar-refractivity contribution in [2.45, 2.75) is 135 Å². The van der Waals surface area contributed by atoms with Crippen LogP contribution >= 0.6 is 0 Å². The van der Waals surface area contributed by atoms with Crippen LogP contribution in [0.5, 0.6) is 0 Å². The third-order valence-corrected chi connectivity index (χ3v) is 27.3. The molecule has 20 aromatic rings. The highest BCUT2D eigenvalue weighted by molar-refractivity contribution is 6.32. The highest BCUT2D eigenvalue weighted by Crippen LogP contribution is 2.52. The number of pyridine rings is 4. The summed E-state index contributed by atoms with van der Waals surface area (Å²) in [7, 11) is 7.68. The Morgan fingerprint density at radius 3 is 1.13 bits per heavy atom. The lowest BCUT2D eigenvalue weighted by molar-refractivity contribution is -0.660. The monoisotopic (exact) mass is 1580 g/mol. The molecule has 0 unspecified atom stereocenters. The van der Waals surface area contributed by atoms with Crippen LogP contribution in [0.25, 0.3) is 174 Å². The summed E-state index contributed by atoms with van der Waals surface area (Å²) >= 11 is 0. The molecule has 0 radical (unpaired) electrons. The zero-order valence-electron chi connectivity index (χ0n) is 86.3. The summed E-state index contributed by atoms with van der Waals surface area (Å²) in [5.74, 6) is -1.04. The Kier molecular flexibility index (Phi) is 14.1. The number of hydrogen-bond acceptors (Lipinski definition) is 0. The summed E-state index contributed by atoms with van der Waals surface area (Å²) in [6, 6.07) is 79.5. The predicted octanol–water partition coefficient (Wildman–Crippen LogP) is 27.7. The molecule has 0 spiro atoms. The van der Waals surface area contributed by atoms with Crippen LogP contribution in [0, 0.1) is 67.4 Å². The van der Waals surface area contributed by atoms with E-state index in [1.165, 1.54) is 191 Å². The summed E-state index contributed by atoms with van der Waals surface area (Å²) in [5.41, 5.74) is 27.5. The molecule has 590 valence electrons. The topological polar surface area (TPSA) is 15.5 Å². The summed E-state index contributed by atoms with van der Waals surface area (Å²) in [6.45, 7) is 10.7. The summed E-state index contributed by atoms with van der Waals surface area (Å²) < 4.78 is 131. The number of hydrogen-bond donors (Lipinski definition) is 0. The van der Waals surface area contributed by atoms with Gasteiger partial charge in [0.2, 0.25) is 22.6 Å². The molecule has 0 fully saturated rings. The standard InChI is InChI=1S/C32H32N.C30H28N.C28H24N.C27H22N/c1-19-18-33(6)29(15-22(19)17-32(3,4)5)26-16-28-24-12-8-7-11-23(24)25-13-9-10-21-14-27(20(26)2)31(28)30(21)25;1-17(2)24-15-28(31(5)16-18(24)3)25-14-27-22-11-7-6-10-21(22)23-12-8-9-20-13-26(19(25)4)30(27)29(20)23;1-16-12-26(29(4)15-17(16)2)23-14-25-21-10-6-5-9-20(21)22-11-7-8-19-13-24(18(23)3)28(25)27(19)22;1-16-12-25-21-11-7-6-10-20(21)24-14-23-19-9-5-4-8-18(19)13-22(23)17(2)26(24)27(25)28(3)15-16/h7-13,15-16,18H,14,17H2,1-6H3;6-12,14-17H,13H2,1-5H3;5-12,14-15H,13H2,1-4H3;4-12,14-15H,13H2,1-3H3/q4*+1/i1D3,17D2;3D3,17D;2D3;1D3. The Hall–Kier alpha value is -12.8. The van der Waals surface area contributed by atoms with Crippen molar-refractivity contribution >= 4 is 129 Å². The first-order valence-corrected chi connectivity index (χ1v) is 42.4. The molecular formula is C117H106N4+4. The van der Waals surface area contributed by atoms with Gasteiger partial charge in [-0.25, -0.2) is 18.3 Å². The Balaban J connectivity index is 0.000000109. The second-order valence-electron chi connectivity index (χ2n) is 35.9. The van der Waals surface area contributed by atoms with Crippen LogP contribution in [0.3, 0.4) is 0 Å². The van der Waals surface area contributed by atoms with Crippen molar-refractivity contribution in [1.29, 1.82) is 0 Å². The van der Waals surface area contributed by atoms with Crippen molar-refractivity contribution in [2.24, 2.45) is 33.6 Å². The van der Waals surface area contributed by atoms with Gasteiger partial charge in [-0.1, -0.05) is 211 Å². The van der Waals surface area contributed by atoms with Gasteiger partial charge in [0.15, 0.2) is 24.8 Å². The molecule has 121 heavy (non-hydrogen) atoms. The molecule has 4 heteroatoms. The van der Waals surface area contributed by atoms with Crippen molar-refractivity contribution in [1.82, 2.24) is 0 Å². The van der Waals surface area contributed by atoms with Crippen molar-refractivity contribution in [3.05, 3.63) is 355 Å². The average Bonchev–Trinajstić information content (AvgIpc) is 1.49. The smallest absolute Gasteiger partial charge is 0.201 e. The van der Waals surface area contributed by atoms with Gasteiger partial charge in [0.05, 0.1) is 10.8 Å². The minimum atomic E-state index is -2.43. The second kappa shape index (κ2) is 28.2. The van der Waals surface area contributed by atoms with Crippen LogP contribution in [-0.4, -0.2) is 0 Å². The summed E-state index contributed by atoms with van der Waals surface area (Å²) in [6.07, 6.45) is 8.64. The van der Waals surface area contributed by atoms with Gasteiger partial charge in [0, 0.05) is 77.7 Å². The number of fused-ring (bicyclic) bond motifs is 18.